The summed E-state index contributed by atoms with van der Waals surface area (Å²) < 4.78 is 0. The normalized spacial score (nSPS) is 17.9. The Hall–Kier alpha value is -2.13. The molecule has 27 heavy (non-hydrogen) atoms. The van der Waals surface area contributed by atoms with E-state index in [1.54, 1.807) is 0 Å². The van der Waals surface area contributed by atoms with Crippen molar-refractivity contribution in [2.45, 2.75) is 18.5 Å². The first-order chi connectivity index (χ1) is 12.8. The van der Waals surface area contributed by atoms with Crippen LogP contribution in [0.25, 0.3) is 0 Å². The highest BCUT2D eigenvalue weighted by Gasteiger charge is 2.43. The summed E-state index contributed by atoms with van der Waals surface area (Å²) in [4.78, 5) is 2.65. The maximum Gasteiger partial charge on any atom is 0.0973 e. The maximum atomic E-state index is 3.60. The quantitative estimate of drug-likeness (QED) is 0.662. The number of nitrogens with one attached hydrogen (secondary N) is 1. The molecule has 1 N–H and O–H groups in total. The lowest BCUT2D eigenvalue weighted by Crippen LogP contribution is -2.58. The number of piperazine rings is 1. The summed E-state index contributed by atoms with van der Waals surface area (Å²) in [7, 11) is 0. The van der Waals surface area contributed by atoms with E-state index in [0.717, 1.165) is 19.6 Å². The van der Waals surface area contributed by atoms with Crippen LogP contribution >= 0.6 is 12.4 Å². The van der Waals surface area contributed by atoms with Crippen molar-refractivity contribution in [1.82, 2.24) is 10.2 Å². The third kappa shape index (κ3) is 3.66. The molecule has 1 saturated heterocycles. The van der Waals surface area contributed by atoms with Gasteiger partial charge in [-0.15, -0.1) is 12.4 Å². The summed E-state index contributed by atoms with van der Waals surface area (Å²) in [6.07, 6.45) is 0. The van der Waals surface area contributed by atoms with E-state index in [1.807, 2.05) is 0 Å². The lowest BCUT2D eigenvalue weighted by Gasteiger charge is -2.48. The fourth-order valence-electron chi connectivity index (χ4n) is 4.32. The van der Waals surface area contributed by atoms with E-state index < -0.39 is 0 Å². The third-order valence-corrected chi connectivity index (χ3v) is 5.42. The maximum absolute atomic E-state index is 3.60. The van der Waals surface area contributed by atoms with Gasteiger partial charge in [0.1, 0.15) is 0 Å². The molecule has 0 bridgehead atoms. The molecule has 3 heteroatoms. The van der Waals surface area contributed by atoms with E-state index in [9.17, 15) is 0 Å². The zero-order chi connectivity index (χ0) is 17.8. The molecule has 2 nitrogen and oxygen atoms in total. The first kappa shape index (κ1) is 19.6. The van der Waals surface area contributed by atoms with Crippen LogP contribution in [0, 0.1) is 0 Å². The topological polar surface area (TPSA) is 15.3 Å². The molecule has 0 radical (unpaired) electrons. The van der Waals surface area contributed by atoms with Gasteiger partial charge in [-0.25, -0.2) is 0 Å². The number of nitrogens with zero attached hydrogens (tertiary/aromatic N) is 1. The zero-order valence-electron chi connectivity index (χ0n) is 15.7. The molecule has 0 aromatic heterocycles. The van der Waals surface area contributed by atoms with Gasteiger partial charge in [0.05, 0.1) is 5.54 Å². The molecule has 4 rings (SSSR count). The van der Waals surface area contributed by atoms with Gasteiger partial charge in [0.15, 0.2) is 0 Å². The van der Waals surface area contributed by atoms with Crippen LogP contribution in [-0.4, -0.2) is 30.6 Å². The van der Waals surface area contributed by atoms with E-state index >= 15 is 0 Å². The highest BCUT2D eigenvalue weighted by atomic mass is 35.5. The second-order valence-electron chi connectivity index (χ2n) is 7.11. The molecular formula is C24H27ClN2. The summed E-state index contributed by atoms with van der Waals surface area (Å²) >= 11 is 0. The molecule has 0 spiro atoms. The Kier molecular flexibility index (Phi) is 6.33. The van der Waals surface area contributed by atoms with Crippen LogP contribution in [0.2, 0.25) is 0 Å². The molecule has 140 valence electrons. The van der Waals surface area contributed by atoms with Gasteiger partial charge in [-0.1, -0.05) is 91.0 Å². The number of halogens is 1. The van der Waals surface area contributed by atoms with E-state index in [1.165, 1.54) is 16.7 Å². The molecule has 0 unspecified atom stereocenters. The molecule has 1 heterocycles. The van der Waals surface area contributed by atoms with Crippen molar-refractivity contribution in [3.05, 3.63) is 108 Å². The van der Waals surface area contributed by atoms with Gasteiger partial charge in [-0.2, -0.15) is 0 Å². The number of hydrogen-bond donors (Lipinski definition) is 1. The standard InChI is InChI=1S/C24H26N2.ClH/c1-20-19-26(18-17-25-20)24(21-11-5-2-6-12-21,22-13-7-3-8-14-22)23-15-9-4-10-16-23;/h2-16,20,25H,17-19H2,1H3;1H/t20-;/m1./s1. The summed E-state index contributed by atoms with van der Waals surface area (Å²) in [5.74, 6) is 0. The Balaban J connectivity index is 0.00000210. The zero-order valence-corrected chi connectivity index (χ0v) is 16.5. The molecule has 3 aromatic rings. The lowest BCUT2D eigenvalue weighted by molar-refractivity contribution is 0.115. The average molecular weight is 379 g/mol. The Bertz CT molecular complexity index is 724. The second kappa shape index (κ2) is 8.71. The SMILES string of the molecule is C[C@@H]1CN(C(c2ccccc2)(c2ccccc2)c2ccccc2)CCN1.Cl. The van der Waals surface area contributed by atoms with E-state index in [-0.39, 0.29) is 17.9 Å². The minimum atomic E-state index is -0.278. The summed E-state index contributed by atoms with van der Waals surface area (Å²) in [6.45, 7) is 5.31. The summed E-state index contributed by atoms with van der Waals surface area (Å²) in [6, 6.07) is 33.3. The fraction of sp³-hybridized carbons (Fsp3) is 0.250. The van der Waals surface area contributed by atoms with E-state index in [2.05, 4.69) is 108 Å². The minimum Gasteiger partial charge on any atom is -0.312 e. The van der Waals surface area contributed by atoms with Crippen LogP contribution in [0.15, 0.2) is 91.0 Å². The molecule has 3 aromatic carbocycles. The smallest absolute Gasteiger partial charge is 0.0973 e. The van der Waals surface area contributed by atoms with E-state index in [4.69, 9.17) is 0 Å². The van der Waals surface area contributed by atoms with Gasteiger partial charge in [0, 0.05) is 25.7 Å². The third-order valence-electron chi connectivity index (χ3n) is 5.42. The monoisotopic (exact) mass is 378 g/mol. The largest absolute Gasteiger partial charge is 0.312 e. The van der Waals surface area contributed by atoms with Crippen molar-refractivity contribution in [1.29, 1.82) is 0 Å². The Labute approximate surface area is 168 Å². The highest BCUT2D eigenvalue weighted by Crippen LogP contribution is 2.42. The van der Waals surface area contributed by atoms with Crippen molar-refractivity contribution in [3.8, 4) is 0 Å². The molecular weight excluding hydrogens is 352 g/mol. The van der Waals surface area contributed by atoms with Crippen LogP contribution < -0.4 is 5.32 Å². The van der Waals surface area contributed by atoms with E-state index in [0.29, 0.717) is 6.04 Å². The molecule has 1 atom stereocenters. The molecule has 1 fully saturated rings. The highest BCUT2D eigenvalue weighted by molar-refractivity contribution is 5.85. The molecule has 1 aliphatic heterocycles. The van der Waals surface area contributed by atoms with Crippen molar-refractivity contribution in [2.24, 2.45) is 0 Å². The first-order valence-electron chi connectivity index (χ1n) is 9.47. The van der Waals surface area contributed by atoms with Crippen LogP contribution in [-0.2, 0) is 5.54 Å². The van der Waals surface area contributed by atoms with Crippen molar-refractivity contribution >= 4 is 12.4 Å². The number of benzene rings is 3. The van der Waals surface area contributed by atoms with Gasteiger partial charge in [0.2, 0.25) is 0 Å². The number of rotatable bonds is 4. The van der Waals surface area contributed by atoms with Gasteiger partial charge < -0.3 is 5.32 Å². The van der Waals surface area contributed by atoms with Crippen LogP contribution in [0.4, 0.5) is 0 Å². The van der Waals surface area contributed by atoms with Crippen LogP contribution in [0.3, 0.4) is 0 Å². The first-order valence-corrected chi connectivity index (χ1v) is 9.47. The Morgan fingerprint density at radius 2 is 1.15 bits per heavy atom. The summed E-state index contributed by atoms with van der Waals surface area (Å²) in [5.41, 5.74) is 3.70. The predicted octanol–water partition coefficient (Wildman–Crippen LogP) is 4.69. The lowest BCUT2D eigenvalue weighted by atomic mass is 9.75. The van der Waals surface area contributed by atoms with Crippen LogP contribution in [0.1, 0.15) is 23.6 Å². The van der Waals surface area contributed by atoms with Gasteiger partial charge in [-0.3, -0.25) is 4.90 Å². The Morgan fingerprint density at radius 3 is 1.52 bits per heavy atom. The molecule has 0 saturated carbocycles. The minimum absolute atomic E-state index is 0. The molecule has 1 aliphatic rings. The summed E-state index contributed by atoms with van der Waals surface area (Å²) in [5, 5.41) is 3.60. The molecule has 0 amide bonds. The average Bonchev–Trinajstić information content (AvgIpc) is 2.71. The van der Waals surface area contributed by atoms with Crippen molar-refractivity contribution in [3.63, 3.8) is 0 Å². The van der Waals surface area contributed by atoms with Gasteiger partial charge in [-0.05, 0) is 23.6 Å². The van der Waals surface area contributed by atoms with Gasteiger partial charge in [0.25, 0.3) is 0 Å². The van der Waals surface area contributed by atoms with Gasteiger partial charge >= 0.3 is 0 Å². The van der Waals surface area contributed by atoms with Crippen LogP contribution in [0.5, 0.6) is 0 Å². The van der Waals surface area contributed by atoms with Crippen molar-refractivity contribution in [2.75, 3.05) is 19.6 Å². The number of hydrogen-bond acceptors (Lipinski definition) is 2. The van der Waals surface area contributed by atoms with Crippen molar-refractivity contribution < 1.29 is 0 Å². The molecule has 0 aliphatic carbocycles. The Morgan fingerprint density at radius 1 is 0.741 bits per heavy atom. The predicted molar refractivity (Wildman–Crippen MR) is 115 cm³/mol. The second-order valence-corrected chi connectivity index (χ2v) is 7.11. The fourth-order valence-corrected chi connectivity index (χ4v) is 4.32.